The third kappa shape index (κ3) is 2.00. The molecule has 2 fully saturated rings. The molecule has 0 saturated carbocycles. The molecule has 7 heteroatoms. The smallest absolute Gasteiger partial charge is 0.252 e. The summed E-state index contributed by atoms with van der Waals surface area (Å²) in [7, 11) is -3.40. The van der Waals surface area contributed by atoms with E-state index in [9.17, 15) is 13.2 Å². The molecule has 2 saturated heterocycles. The molecule has 0 bridgehead atoms. The minimum atomic E-state index is -3.40. The van der Waals surface area contributed by atoms with Gasteiger partial charge in [0, 0.05) is 32.1 Å². The van der Waals surface area contributed by atoms with Gasteiger partial charge in [-0.15, -0.1) is 11.3 Å². The highest BCUT2D eigenvalue weighted by molar-refractivity contribution is 7.91. The predicted octanol–water partition coefficient (Wildman–Crippen LogP) is 0.847. The predicted molar refractivity (Wildman–Crippen MR) is 72.3 cm³/mol. The number of hydrogen-bond donors (Lipinski definition) is 0. The average Bonchev–Trinajstić information content (AvgIpc) is 3.06. The van der Waals surface area contributed by atoms with Crippen LogP contribution in [0.25, 0.3) is 0 Å². The van der Waals surface area contributed by atoms with Crippen molar-refractivity contribution in [1.29, 1.82) is 0 Å². The van der Waals surface area contributed by atoms with E-state index in [0.29, 0.717) is 30.4 Å². The Hall–Kier alpha value is -0.920. The monoisotopic (exact) mass is 300 g/mol. The van der Waals surface area contributed by atoms with Crippen LogP contribution in [0.1, 0.15) is 6.92 Å². The largest absolute Gasteiger partial charge is 0.342 e. The lowest BCUT2D eigenvalue weighted by molar-refractivity contribution is -0.130. The Morgan fingerprint density at radius 1 is 1.37 bits per heavy atom. The average molecular weight is 300 g/mol. The zero-order chi connectivity index (χ0) is 13.6. The summed E-state index contributed by atoms with van der Waals surface area (Å²) in [5.41, 5.74) is 0. The van der Waals surface area contributed by atoms with Gasteiger partial charge in [0.25, 0.3) is 10.0 Å². The fourth-order valence-electron chi connectivity index (χ4n) is 2.92. The Labute approximate surface area is 116 Å². The van der Waals surface area contributed by atoms with Crippen LogP contribution >= 0.6 is 11.3 Å². The number of nitrogens with zero attached hydrogens (tertiary/aromatic N) is 2. The van der Waals surface area contributed by atoms with Gasteiger partial charge in [-0.1, -0.05) is 6.07 Å². The zero-order valence-electron chi connectivity index (χ0n) is 10.7. The fourth-order valence-corrected chi connectivity index (χ4v) is 5.59. The number of hydrogen-bond acceptors (Lipinski definition) is 4. The van der Waals surface area contributed by atoms with Crippen LogP contribution in [0.4, 0.5) is 0 Å². The molecule has 0 aromatic carbocycles. The van der Waals surface area contributed by atoms with Crippen molar-refractivity contribution in [2.24, 2.45) is 11.8 Å². The van der Waals surface area contributed by atoms with Crippen LogP contribution in [0.15, 0.2) is 21.7 Å². The van der Waals surface area contributed by atoms with Crippen LogP contribution in [0.3, 0.4) is 0 Å². The second-order valence-corrected chi connectivity index (χ2v) is 8.11. The molecule has 0 radical (unpaired) electrons. The van der Waals surface area contributed by atoms with E-state index < -0.39 is 10.0 Å². The summed E-state index contributed by atoms with van der Waals surface area (Å²) >= 11 is 1.23. The first-order chi connectivity index (χ1) is 9.04. The Kier molecular flexibility index (Phi) is 3.15. The van der Waals surface area contributed by atoms with E-state index in [2.05, 4.69) is 0 Å². The van der Waals surface area contributed by atoms with E-state index >= 15 is 0 Å². The van der Waals surface area contributed by atoms with Crippen LogP contribution in [-0.2, 0) is 14.8 Å². The normalized spacial score (nSPS) is 28.1. The molecule has 1 aromatic rings. The molecule has 5 nitrogen and oxygen atoms in total. The third-order valence-electron chi connectivity index (χ3n) is 3.96. The number of rotatable bonds is 3. The summed E-state index contributed by atoms with van der Waals surface area (Å²) < 4.78 is 26.6. The number of carbonyl (C=O) groups is 1. The number of sulfonamides is 1. The van der Waals surface area contributed by atoms with Gasteiger partial charge in [0.05, 0.1) is 5.92 Å². The highest BCUT2D eigenvalue weighted by Crippen LogP contribution is 2.35. The van der Waals surface area contributed by atoms with Crippen molar-refractivity contribution in [2.45, 2.75) is 11.1 Å². The summed E-state index contributed by atoms with van der Waals surface area (Å²) in [5.74, 6) is 0.119. The fraction of sp³-hybridized carbons (Fsp3) is 0.583. The van der Waals surface area contributed by atoms with Gasteiger partial charge < -0.3 is 4.90 Å². The number of fused-ring (bicyclic) bond motifs is 1. The molecule has 3 heterocycles. The molecule has 104 valence electrons. The van der Waals surface area contributed by atoms with Crippen molar-refractivity contribution in [1.82, 2.24) is 9.21 Å². The highest BCUT2D eigenvalue weighted by atomic mass is 32.2. The van der Waals surface area contributed by atoms with Crippen molar-refractivity contribution >= 4 is 27.3 Å². The van der Waals surface area contributed by atoms with Crippen molar-refractivity contribution in [2.75, 3.05) is 26.2 Å². The molecule has 2 atom stereocenters. The molecule has 0 spiro atoms. The van der Waals surface area contributed by atoms with Gasteiger partial charge in [-0.2, -0.15) is 4.31 Å². The minimum Gasteiger partial charge on any atom is -0.342 e. The van der Waals surface area contributed by atoms with Crippen LogP contribution in [0, 0.1) is 11.8 Å². The van der Waals surface area contributed by atoms with Gasteiger partial charge in [-0.25, -0.2) is 8.42 Å². The second-order valence-electron chi connectivity index (χ2n) is 5.00. The first-order valence-electron chi connectivity index (χ1n) is 6.36. The van der Waals surface area contributed by atoms with Gasteiger partial charge in [0.15, 0.2) is 0 Å². The highest BCUT2D eigenvalue weighted by Gasteiger charge is 2.48. The lowest BCUT2D eigenvalue weighted by Crippen LogP contribution is -2.35. The molecule has 0 unspecified atom stereocenters. The maximum atomic E-state index is 12.4. The molecule has 1 aromatic heterocycles. The lowest BCUT2D eigenvalue weighted by atomic mass is 10.0. The van der Waals surface area contributed by atoms with Crippen LogP contribution in [0.2, 0.25) is 0 Å². The molecule has 0 aliphatic carbocycles. The first-order valence-corrected chi connectivity index (χ1v) is 8.68. The Bertz CT molecular complexity index is 582. The lowest BCUT2D eigenvalue weighted by Gasteiger charge is -2.19. The molecule has 1 amide bonds. The van der Waals surface area contributed by atoms with Crippen molar-refractivity contribution in [3.05, 3.63) is 17.5 Å². The van der Waals surface area contributed by atoms with E-state index in [-0.39, 0.29) is 17.7 Å². The van der Waals surface area contributed by atoms with Crippen molar-refractivity contribution < 1.29 is 13.2 Å². The summed E-state index contributed by atoms with van der Waals surface area (Å²) in [6, 6.07) is 3.35. The van der Waals surface area contributed by atoms with Crippen molar-refractivity contribution in [3.8, 4) is 0 Å². The van der Waals surface area contributed by atoms with Crippen LogP contribution in [0.5, 0.6) is 0 Å². The third-order valence-corrected chi connectivity index (χ3v) is 7.17. The van der Waals surface area contributed by atoms with E-state index in [1.807, 2.05) is 11.8 Å². The SMILES string of the molecule is CCN1C[C@@H]2CN(S(=O)(=O)c3cccs3)C[C@@H]2C1=O. The topological polar surface area (TPSA) is 57.7 Å². The molecule has 19 heavy (non-hydrogen) atoms. The molecular formula is C12H16N2O3S2. The van der Waals surface area contributed by atoms with E-state index in [1.165, 1.54) is 15.6 Å². The van der Waals surface area contributed by atoms with E-state index in [4.69, 9.17) is 0 Å². The number of likely N-dealkylation sites (tertiary alicyclic amines) is 1. The minimum absolute atomic E-state index is 0.108. The summed E-state index contributed by atoms with van der Waals surface area (Å²) in [5, 5.41) is 1.76. The first kappa shape index (κ1) is 13.1. The Balaban J connectivity index is 1.80. The maximum Gasteiger partial charge on any atom is 0.252 e. The number of thiophene rings is 1. The van der Waals surface area contributed by atoms with Crippen molar-refractivity contribution in [3.63, 3.8) is 0 Å². The second kappa shape index (κ2) is 4.57. The molecule has 2 aliphatic heterocycles. The zero-order valence-corrected chi connectivity index (χ0v) is 12.3. The quantitative estimate of drug-likeness (QED) is 0.831. The van der Waals surface area contributed by atoms with Gasteiger partial charge in [0.1, 0.15) is 4.21 Å². The standard InChI is InChI=1S/C12H16N2O3S2/c1-2-13-6-9-7-14(8-10(9)12(13)15)19(16,17)11-4-3-5-18-11/h3-5,9-10H,2,6-8H2,1H3/t9-,10+/m1/s1. The summed E-state index contributed by atoms with van der Waals surface area (Å²) in [6.45, 7) is 4.16. The Morgan fingerprint density at radius 2 is 2.16 bits per heavy atom. The summed E-state index contributed by atoms with van der Waals surface area (Å²) in [6.07, 6.45) is 0. The Morgan fingerprint density at radius 3 is 2.74 bits per heavy atom. The number of carbonyl (C=O) groups excluding carboxylic acids is 1. The van der Waals surface area contributed by atoms with Gasteiger partial charge >= 0.3 is 0 Å². The molecular weight excluding hydrogens is 284 g/mol. The molecule has 2 aliphatic rings. The molecule has 3 rings (SSSR count). The van der Waals surface area contributed by atoms with Gasteiger partial charge in [-0.3, -0.25) is 4.79 Å². The van der Waals surface area contributed by atoms with Gasteiger partial charge in [0.2, 0.25) is 5.91 Å². The van der Waals surface area contributed by atoms with E-state index in [1.54, 1.807) is 17.5 Å². The summed E-state index contributed by atoms with van der Waals surface area (Å²) in [4.78, 5) is 13.9. The maximum absolute atomic E-state index is 12.4. The van der Waals surface area contributed by atoms with Crippen LogP contribution in [-0.4, -0.2) is 49.7 Å². The van der Waals surface area contributed by atoms with Crippen LogP contribution < -0.4 is 0 Å². The van der Waals surface area contributed by atoms with Gasteiger partial charge in [-0.05, 0) is 18.4 Å². The number of amides is 1. The molecule has 0 N–H and O–H groups in total. The van der Waals surface area contributed by atoms with E-state index in [0.717, 1.165) is 0 Å².